The molecule has 1 unspecified atom stereocenters. The highest BCUT2D eigenvalue weighted by molar-refractivity contribution is 9.10. The number of hydrogen-bond acceptors (Lipinski definition) is 2. The van der Waals surface area contributed by atoms with Crippen molar-refractivity contribution in [2.75, 3.05) is 11.4 Å². The largest absolute Gasteiger partial charge is 0.295 e. The van der Waals surface area contributed by atoms with E-state index in [1.807, 2.05) is 35.0 Å². The van der Waals surface area contributed by atoms with Gasteiger partial charge in [0.1, 0.15) is 5.82 Å². The Morgan fingerprint density at radius 2 is 2.05 bits per heavy atom. The van der Waals surface area contributed by atoms with Gasteiger partial charge in [0, 0.05) is 23.5 Å². The first-order valence-electron chi connectivity index (χ1n) is 6.34. The number of alkyl halides is 1. The van der Waals surface area contributed by atoms with Crippen LogP contribution in [0.1, 0.15) is 12.0 Å². The quantitative estimate of drug-likeness (QED) is 0.795. The molecule has 1 aliphatic rings. The number of hydrogen-bond donors (Lipinski definition) is 0. The molecule has 1 aromatic carbocycles. The van der Waals surface area contributed by atoms with E-state index < -0.39 is 0 Å². The van der Waals surface area contributed by atoms with Gasteiger partial charge in [0.2, 0.25) is 5.91 Å². The number of anilines is 1. The van der Waals surface area contributed by atoms with Crippen LogP contribution in [0.25, 0.3) is 0 Å². The summed E-state index contributed by atoms with van der Waals surface area (Å²) >= 11 is 9.47. The average molecular weight is 355 g/mol. The summed E-state index contributed by atoms with van der Waals surface area (Å²) in [7, 11) is 0. The van der Waals surface area contributed by atoms with Crippen LogP contribution in [0.3, 0.4) is 0 Å². The molecule has 6 heteroatoms. The van der Waals surface area contributed by atoms with E-state index in [1.54, 1.807) is 11.1 Å². The molecule has 1 aliphatic heterocycles. The van der Waals surface area contributed by atoms with E-state index >= 15 is 0 Å². The van der Waals surface area contributed by atoms with Crippen molar-refractivity contribution in [2.24, 2.45) is 0 Å². The molecular weight excluding hydrogens is 342 g/mol. The molecule has 2 aromatic rings. The maximum absolute atomic E-state index is 11.9. The Balaban J connectivity index is 1.83. The SMILES string of the molecule is O=C1CC(Cl)CN1c1ccnn1Cc1ccc(Br)cc1. The van der Waals surface area contributed by atoms with Crippen molar-refractivity contribution in [1.82, 2.24) is 9.78 Å². The summed E-state index contributed by atoms with van der Waals surface area (Å²) in [6.07, 6.45) is 2.11. The molecule has 1 saturated heterocycles. The number of rotatable bonds is 3. The van der Waals surface area contributed by atoms with Crippen molar-refractivity contribution >= 4 is 39.3 Å². The minimum Gasteiger partial charge on any atom is -0.295 e. The topological polar surface area (TPSA) is 38.1 Å². The number of aromatic nitrogens is 2. The first-order chi connectivity index (χ1) is 9.63. The Hall–Kier alpha value is -1.33. The monoisotopic (exact) mass is 353 g/mol. The minimum atomic E-state index is -0.112. The van der Waals surface area contributed by atoms with Crippen LogP contribution in [0.15, 0.2) is 41.0 Å². The summed E-state index contributed by atoms with van der Waals surface area (Å²) < 4.78 is 2.87. The van der Waals surface area contributed by atoms with Crippen molar-refractivity contribution in [3.05, 3.63) is 46.6 Å². The smallest absolute Gasteiger partial charge is 0.229 e. The normalized spacial score (nSPS) is 18.8. The highest BCUT2D eigenvalue weighted by Crippen LogP contribution is 2.24. The molecule has 2 heterocycles. The van der Waals surface area contributed by atoms with Crippen LogP contribution in [0.2, 0.25) is 0 Å². The second-order valence-electron chi connectivity index (χ2n) is 4.78. The van der Waals surface area contributed by atoms with Gasteiger partial charge in [-0.15, -0.1) is 11.6 Å². The van der Waals surface area contributed by atoms with Crippen molar-refractivity contribution in [3.63, 3.8) is 0 Å². The minimum absolute atomic E-state index is 0.0579. The van der Waals surface area contributed by atoms with Gasteiger partial charge in [-0.05, 0) is 17.7 Å². The van der Waals surface area contributed by atoms with E-state index in [0.29, 0.717) is 19.5 Å². The number of amides is 1. The Bertz CT molecular complexity index is 626. The summed E-state index contributed by atoms with van der Waals surface area (Å²) in [6.45, 7) is 1.18. The van der Waals surface area contributed by atoms with Gasteiger partial charge in [-0.25, -0.2) is 4.68 Å². The predicted molar refractivity (Wildman–Crippen MR) is 82.1 cm³/mol. The molecule has 0 radical (unpaired) electrons. The molecule has 4 nitrogen and oxygen atoms in total. The number of benzene rings is 1. The summed E-state index contributed by atoms with van der Waals surface area (Å²) in [5, 5.41) is 4.19. The van der Waals surface area contributed by atoms with E-state index in [4.69, 9.17) is 11.6 Å². The second-order valence-corrected chi connectivity index (χ2v) is 6.31. The Morgan fingerprint density at radius 1 is 1.30 bits per heavy atom. The van der Waals surface area contributed by atoms with Crippen molar-refractivity contribution in [3.8, 4) is 0 Å². The van der Waals surface area contributed by atoms with E-state index in [2.05, 4.69) is 21.0 Å². The van der Waals surface area contributed by atoms with Crippen molar-refractivity contribution in [2.45, 2.75) is 18.3 Å². The maximum atomic E-state index is 11.9. The highest BCUT2D eigenvalue weighted by atomic mass is 79.9. The molecule has 3 rings (SSSR count). The fourth-order valence-electron chi connectivity index (χ4n) is 2.32. The number of carbonyl (C=O) groups is 1. The van der Waals surface area contributed by atoms with E-state index in [-0.39, 0.29) is 11.3 Å². The molecule has 0 spiro atoms. The second kappa shape index (κ2) is 5.58. The van der Waals surface area contributed by atoms with Gasteiger partial charge in [-0.2, -0.15) is 5.10 Å². The molecule has 0 saturated carbocycles. The third-order valence-corrected chi connectivity index (χ3v) is 4.12. The number of nitrogens with zero attached hydrogens (tertiary/aromatic N) is 3. The van der Waals surface area contributed by atoms with Crippen LogP contribution in [0.4, 0.5) is 5.82 Å². The number of halogens is 2. The molecule has 0 N–H and O–H groups in total. The standard InChI is InChI=1S/C14H13BrClN3O/c15-11-3-1-10(2-4-11)8-19-13(5-6-17-19)18-9-12(16)7-14(18)20/h1-6,12H,7-9H2. The molecule has 0 aliphatic carbocycles. The zero-order chi connectivity index (χ0) is 14.1. The summed E-state index contributed by atoms with van der Waals surface area (Å²) in [4.78, 5) is 13.6. The van der Waals surface area contributed by atoms with Crippen LogP contribution in [-0.2, 0) is 11.3 Å². The lowest BCUT2D eigenvalue weighted by Crippen LogP contribution is -2.27. The lowest BCUT2D eigenvalue weighted by molar-refractivity contribution is -0.117. The first kappa shape index (κ1) is 13.6. The van der Waals surface area contributed by atoms with E-state index in [9.17, 15) is 4.79 Å². The van der Waals surface area contributed by atoms with E-state index in [1.165, 1.54) is 0 Å². The third-order valence-electron chi connectivity index (χ3n) is 3.29. The Kier molecular flexibility index (Phi) is 3.81. The molecule has 20 heavy (non-hydrogen) atoms. The Morgan fingerprint density at radius 3 is 2.70 bits per heavy atom. The molecule has 1 fully saturated rings. The fraction of sp³-hybridized carbons (Fsp3) is 0.286. The molecular formula is C14H13BrClN3O. The maximum Gasteiger partial charge on any atom is 0.229 e. The van der Waals surface area contributed by atoms with Crippen LogP contribution in [-0.4, -0.2) is 27.6 Å². The van der Waals surface area contributed by atoms with Crippen LogP contribution < -0.4 is 4.90 Å². The van der Waals surface area contributed by atoms with Gasteiger partial charge in [0.15, 0.2) is 0 Å². The highest BCUT2D eigenvalue weighted by Gasteiger charge is 2.30. The molecule has 0 bridgehead atoms. The van der Waals surface area contributed by atoms with Gasteiger partial charge in [-0.3, -0.25) is 9.69 Å². The van der Waals surface area contributed by atoms with Crippen molar-refractivity contribution < 1.29 is 4.79 Å². The molecule has 1 atom stereocenters. The van der Waals surface area contributed by atoms with Gasteiger partial charge >= 0.3 is 0 Å². The van der Waals surface area contributed by atoms with Crippen LogP contribution in [0.5, 0.6) is 0 Å². The van der Waals surface area contributed by atoms with E-state index in [0.717, 1.165) is 15.9 Å². The zero-order valence-corrected chi connectivity index (χ0v) is 13.0. The van der Waals surface area contributed by atoms with Gasteiger partial charge in [0.25, 0.3) is 0 Å². The molecule has 1 amide bonds. The first-order valence-corrected chi connectivity index (χ1v) is 7.57. The van der Waals surface area contributed by atoms with Gasteiger partial charge in [-0.1, -0.05) is 28.1 Å². The predicted octanol–water partition coefficient (Wildman–Crippen LogP) is 3.04. The van der Waals surface area contributed by atoms with Gasteiger partial charge in [0.05, 0.1) is 18.1 Å². The van der Waals surface area contributed by atoms with Crippen LogP contribution >= 0.6 is 27.5 Å². The van der Waals surface area contributed by atoms with Crippen LogP contribution in [0, 0.1) is 0 Å². The Labute approximate surface area is 130 Å². The molecule has 1 aromatic heterocycles. The summed E-state index contributed by atoms with van der Waals surface area (Å²) in [5.74, 6) is 0.864. The lowest BCUT2D eigenvalue weighted by atomic mass is 10.2. The van der Waals surface area contributed by atoms with Gasteiger partial charge < -0.3 is 0 Å². The fourth-order valence-corrected chi connectivity index (χ4v) is 2.86. The third kappa shape index (κ3) is 2.74. The van der Waals surface area contributed by atoms with Crippen molar-refractivity contribution in [1.29, 1.82) is 0 Å². The molecule has 104 valence electrons. The lowest BCUT2D eigenvalue weighted by Gasteiger charge is -2.17. The zero-order valence-electron chi connectivity index (χ0n) is 10.7. The summed E-state index contributed by atoms with van der Waals surface area (Å²) in [6, 6.07) is 9.91. The average Bonchev–Trinajstić information content (AvgIpc) is 2.98. The summed E-state index contributed by atoms with van der Waals surface area (Å²) in [5.41, 5.74) is 1.13. The number of carbonyl (C=O) groups excluding carboxylic acids is 1.